The first-order chi connectivity index (χ1) is 24.3. The fraction of sp³-hybridized carbons (Fsp3) is 0. The first-order valence-corrected chi connectivity index (χ1v) is 16.7. The molecule has 4 aromatic heterocycles. The van der Waals surface area contributed by atoms with Gasteiger partial charge in [0.25, 0.3) is 0 Å². The molecule has 4 heterocycles. The van der Waals surface area contributed by atoms with Crippen molar-refractivity contribution in [1.82, 2.24) is 18.5 Å². The third-order valence-corrected chi connectivity index (χ3v) is 10.2. The van der Waals surface area contributed by atoms with Crippen molar-refractivity contribution in [1.29, 1.82) is 0 Å². The monoisotopic (exact) mass is 624 g/mol. The molecule has 0 N–H and O–H groups in total. The van der Waals surface area contributed by atoms with Crippen LogP contribution in [0.2, 0.25) is 0 Å². The van der Waals surface area contributed by atoms with Crippen molar-refractivity contribution in [2.24, 2.45) is 0 Å². The van der Waals surface area contributed by atoms with Crippen LogP contribution in [0.25, 0.3) is 93.7 Å². The van der Waals surface area contributed by atoms with Crippen LogP contribution in [0.15, 0.2) is 170 Å². The van der Waals surface area contributed by atoms with E-state index in [1.165, 1.54) is 49.4 Å². The Hall–Kier alpha value is -6.65. The van der Waals surface area contributed by atoms with Crippen LogP contribution >= 0.6 is 0 Å². The Balaban J connectivity index is 1.21. The SMILES string of the molecule is c1ccc(-n2c3ccccc3c3cc(-c4ccc5c(c4)c4ccccc4c4nc6c7ccccc7n(-c7ccccc7)c6n54)ccc32)cc1. The molecule has 0 aliphatic heterocycles. The van der Waals surface area contributed by atoms with Crippen molar-refractivity contribution < 1.29 is 0 Å². The van der Waals surface area contributed by atoms with Crippen LogP contribution in [0, 0.1) is 0 Å². The fourth-order valence-corrected chi connectivity index (χ4v) is 8.08. The van der Waals surface area contributed by atoms with E-state index in [-0.39, 0.29) is 0 Å². The molecule has 228 valence electrons. The highest BCUT2D eigenvalue weighted by Gasteiger charge is 2.22. The molecule has 0 unspecified atom stereocenters. The van der Waals surface area contributed by atoms with Gasteiger partial charge >= 0.3 is 0 Å². The number of rotatable bonds is 3. The minimum atomic E-state index is 0.978. The summed E-state index contributed by atoms with van der Waals surface area (Å²) in [6.07, 6.45) is 0. The van der Waals surface area contributed by atoms with Gasteiger partial charge in [-0.1, -0.05) is 109 Å². The van der Waals surface area contributed by atoms with Crippen molar-refractivity contribution in [3.05, 3.63) is 170 Å². The number of aromatic nitrogens is 4. The van der Waals surface area contributed by atoms with E-state index in [9.17, 15) is 0 Å². The van der Waals surface area contributed by atoms with Crippen molar-refractivity contribution in [2.45, 2.75) is 0 Å². The average Bonchev–Trinajstić information content (AvgIpc) is 3.83. The second kappa shape index (κ2) is 9.93. The maximum absolute atomic E-state index is 5.38. The summed E-state index contributed by atoms with van der Waals surface area (Å²) >= 11 is 0. The zero-order valence-corrected chi connectivity index (χ0v) is 26.5. The summed E-state index contributed by atoms with van der Waals surface area (Å²) in [5, 5.41) is 7.22. The Morgan fingerprint density at radius 1 is 0.347 bits per heavy atom. The first-order valence-electron chi connectivity index (χ1n) is 16.7. The topological polar surface area (TPSA) is 27.2 Å². The van der Waals surface area contributed by atoms with Gasteiger partial charge in [-0.05, 0) is 77.2 Å². The number of benzene rings is 7. The molecular weight excluding hydrogens is 597 g/mol. The summed E-state index contributed by atoms with van der Waals surface area (Å²) < 4.78 is 7.11. The molecule has 4 heteroatoms. The van der Waals surface area contributed by atoms with Crippen molar-refractivity contribution in [3.8, 4) is 22.5 Å². The van der Waals surface area contributed by atoms with Gasteiger partial charge in [0.2, 0.25) is 0 Å². The van der Waals surface area contributed by atoms with Crippen LogP contribution < -0.4 is 0 Å². The lowest BCUT2D eigenvalue weighted by Gasteiger charge is -2.13. The molecule has 0 aliphatic carbocycles. The number of hydrogen-bond acceptors (Lipinski definition) is 1. The van der Waals surface area contributed by atoms with E-state index in [1.807, 2.05) is 0 Å². The van der Waals surface area contributed by atoms with Crippen LogP contribution in [0.5, 0.6) is 0 Å². The van der Waals surface area contributed by atoms with E-state index in [1.54, 1.807) is 0 Å². The van der Waals surface area contributed by atoms with E-state index in [4.69, 9.17) is 4.98 Å². The molecule has 0 atom stereocenters. The molecule has 0 amide bonds. The molecular formula is C45H28N4. The van der Waals surface area contributed by atoms with Gasteiger partial charge in [0.05, 0.1) is 22.1 Å². The molecule has 11 rings (SSSR count). The average molecular weight is 625 g/mol. The second-order valence-electron chi connectivity index (χ2n) is 12.8. The van der Waals surface area contributed by atoms with Gasteiger partial charge in [0, 0.05) is 38.3 Å². The predicted octanol–water partition coefficient (Wildman–Crippen LogP) is 11.5. The van der Waals surface area contributed by atoms with Crippen LogP contribution in [0.3, 0.4) is 0 Å². The number of hydrogen-bond donors (Lipinski definition) is 0. The van der Waals surface area contributed by atoms with Gasteiger partial charge in [-0.3, -0.25) is 8.97 Å². The molecule has 11 aromatic rings. The molecule has 0 bridgehead atoms. The zero-order chi connectivity index (χ0) is 32.1. The number of pyridine rings is 1. The molecule has 0 fully saturated rings. The van der Waals surface area contributed by atoms with Crippen LogP contribution in [-0.4, -0.2) is 18.5 Å². The molecule has 0 saturated carbocycles. The van der Waals surface area contributed by atoms with E-state index in [0.29, 0.717) is 0 Å². The predicted molar refractivity (Wildman–Crippen MR) is 204 cm³/mol. The summed E-state index contributed by atoms with van der Waals surface area (Å²) in [6, 6.07) is 61.2. The molecule has 0 spiro atoms. The lowest BCUT2D eigenvalue weighted by molar-refractivity contribution is 1.12. The van der Waals surface area contributed by atoms with Crippen LogP contribution in [0.1, 0.15) is 0 Å². The van der Waals surface area contributed by atoms with E-state index >= 15 is 0 Å². The standard InChI is InChI=1S/C45H28N4/c1-3-13-31(14-4-1)47-39-21-11-9-18-34(39)38-28-30(23-25-41(38)47)29-24-26-42-37(27-29)33-17-7-8-19-35(33)44-46-43-36-20-10-12-22-40(36)48(45(43)49(42)44)32-15-5-2-6-16-32/h1-28H. The third kappa shape index (κ3) is 3.66. The quantitative estimate of drug-likeness (QED) is 0.180. The van der Waals surface area contributed by atoms with Gasteiger partial charge in [-0.25, -0.2) is 4.98 Å². The normalized spacial score (nSPS) is 12.1. The zero-order valence-electron chi connectivity index (χ0n) is 26.5. The van der Waals surface area contributed by atoms with E-state index < -0.39 is 0 Å². The van der Waals surface area contributed by atoms with Gasteiger partial charge in [0.15, 0.2) is 5.65 Å². The highest BCUT2D eigenvalue weighted by atomic mass is 15.2. The lowest BCUT2D eigenvalue weighted by atomic mass is 9.98. The maximum Gasteiger partial charge on any atom is 0.151 e. The molecule has 0 radical (unpaired) electrons. The number of imidazole rings is 1. The molecule has 0 saturated heterocycles. The highest BCUT2D eigenvalue weighted by molar-refractivity contribution is 6.17. The van der Waals surface area contributed by atoms with Gasteiger partial charge in [0.1, 0.15) is 11.2 Å². The number of nitrogens with zero attached hydrogens (tertiary/aromatic N) is 4. The van der Waals surface area contributed by atoms with Crippen LogP contribution in [-0.2, 0) is 0 Å². The first kappa shape index (κ1) is 26.4. The van der Waals surface area contributed by atoms with Crippen molar-refractivity contribution in [2.75, 3.05) is 0 Å². The Morgan fingerprint density at radius 2 is 0.837 bits per heavy atom. The summed E-state index contributed by atoms with van der Waals surface area (Å²) in [4.78, 5) is 5.38. The third-order valence-electron chi connectivity index (χ3n) is 10.2. The van der Waals surface area contributed by atoms with Crippen molar-refractivity contribution >= 4 is 71.2 Å². The minimum absolute atomic E-state index is 0.978. The smallest absolute Gasteiger partial charge is 0.151 e. The van der Waals surface area contributed by atoms with E-state index in [2.05, 4.69) is 183 Å². The summed E-state index contributed by atoms with van der Waals surface area (Å²) in [6.45, 7) is 0. The summed E-state index contributed by atoms with van der Waals surface area (Å²) in [5.74, 6) is 0. The van der Waals surface area contributed by atoms with Gasteiger partial charge in [-0.15, -0.1) is 0 Å². The summed E-state index contributed by atoms with van der Waals surface area (Å²) in [7, 11) is 0. The Kier molecular flexibility index (Phi) is 5.35. The maximum atomic E-state index is 5.38. The molecule has 0 aliphatic rings. The van der Waals surface area contributed by atoms with Crippen molar-refractivity contribution in [3.63, 3.8) is 0 Å². The number of para-hydroxylation sites is 4. The highest BCUT2D eigenvalue weighted by Crippen LogP contribution is 2.40. The fourth-order valence-electron chi connectivity index (χ4n) is 8.08. The Bertz CT molecular complexity index is 3090. The summed E-state index contributed by atoms with van der Waals surface area (Å²) in [5.41, 5.74) is 12.5. The van der Waals surface area contributed by atoms with E-state index in [0.717, 1.165) is 44.3 Å². The Morgan fingerprint density at radius 3 is 1.53 bits per heavy atom. The van der Waals surface area contributed by atoms with Crippen LogP contribution in [0.4, 0.5) is 0 Å². The largest absolute Gasteiger partial charge is 0.309 e. The minimum Gasteiger partial charge on any atom is -0.309 e. The number of fused-ring (bicyclic) bond motifs is 13. The van der Waals surface area contributed by atoms with Gasteiger partial charge in [-0.2, -0.15) is 0 Å². The molecule has 7 aromatic carbocycles. The van der Waals surface area contributed by atoms with Gasteiger partial charge < -0.3 is 4.57 Å². The Labute approximate surface area is 281 Å². The molecule has 4 nitrogen and oxygen atoms in total. The molecule has 49 heavy (non-hydrogen) atoms. The second-order valence-corrected chi connectivity index (χ2v) is 12.8. The lowest BCUT2D eigenvalue weighted by Crippen LogP contribution is -1.99.